The first-order chi connectivity index (χ1) is 25.3. The summed E-state index contributed by atoms with van der Waals surface area (Å²) in [5, 5.41) is 10.9. The fraction of sp³-hybridized carbons (Fsp3) is 0.0222. The van der Waals surface area contributed by atoms with Crippen LogP contribution in [0.3, 0.4) is 0 Å². The van der Waals surface area contributed by atoms with Gasteiger partial charge in [-0.2, -0.15) is 0 Å². The highest BCUT2D eigenvalue weighted by molar-refractivity contribution is 7.25. The minimum absolute atomic E-state index is 0.370. The van der Waals surface area contributed by atoms with Crippen LogP contribution in [0, 0.1) is 0 Å². The summed E-state index contributed by atoms with van der Waals surface area (Å²) in [4.78, 5) is 10.4. The summed E-state index contributed by atoms with van der Waals surface area (Å²) in [6, 6.07) is 55.5. The maximum absolute atomic E-state index is 6.47. The minimum Gasteiger partial charge on any atom is -0.455 e. The van der Waals surface area contributed by atoms with Crippen molar-refractivity contribution in [3.63, 3.8) is 0 Å². The van der Waals surface area contributed by atoms with Gasteiger partial charge in [0.15, 0.2) is 5.84 Å². The quantitative estimate of drug-likeness (QED) is 0.202. The lowest BCUT2D eigenvalue weighted by atomic mass is 10.0. The van der Waals surface area contributed by atoms with Gasteiger partial charge < -0.3 is 14.3 Å². The summed E-state index contributed by atoms with van der Waals surface area (Å²) in [6.07, 6.45) is -0.370. The number of para-hydroxylation sites is 4. The van der Waals surface area contributed by atoms with Gasteiger partial charge in [-0.1, -0.05) is 115 Å². The molecule has 0 saturated heterocycles. The van der Waals surface area contributed by atoms with E-state index in [-0.39, 0.29) is 6.17 Å². The molecule has 0 aliphatic carbocycles. The molecule has 6 heteroatoms. The van der Waals surface area contributed by atoms with E-state index in [0.29, 0.717) is 5.84 Å². The van der Waals surface area contributed by atoms with Crippen LogP contribution in [0.25, 0.3) is 69.6 Å². The fourth-order valence-electron chi connectivity index (χ4n) is 7.81. The molecule has 51 heavy (non-hydrogen) atoms. The van der Waals surface area contributed by atoms with Crippen LogP contribution < -0.4 is 5.32 Å². The van der Waals surface area contributed by atoms with Crippen molar-refractivity contribution in [3.8, 4) is 5.69 Å². The van der Waals surface area contributed by atoms with E-state index in [1.54, 1.807) is 0 Å². The Balaban J connectivity index is 1.08. The molecule has 10 aromatic rings. The first kappa shape index (κ1) is 28.3. The highest BCUT2D eigenvalue weighted by Crippen LogP contribution is 2.41. The standard InChI is InChI=1S/C45H28N4OS/c1-2-12-27(13-3-1)43-46-44(48-45(47-43)35-19-10-17-32-31-16-6-9-22-38(31)50-42(32)35)34-18-11-23-39-41(34)33-25-24-28(26-40(33)51-39)49-36-20-7-4-14-29(36)30-15-5-8-21-37(30)49/h1-26,44H,(H,46,47,48). The average molecular weight is 673 g/mol. The number of nitrogens with zero attached hydrogens (tertiary/aromatic N) is 3. The van der Waals surface area contributed by atoms with E-state index >= 15 is 0 Å². The van der Waals surface area contributed by atoms with Crippen molar-refractivity contribution >= 4 is 86.9 Å². The SMILES string of the molecule is c1ccc(C2=NC(c3cccc4sc5cc(-n6c7ccccc7c7ccccc76)ccc5c34)NC(c3cccc4c3oc3ccccc34)=N2)cc1. The van der Waals surface area contributed by atoms with Gasteiger partial charge in [0.2, 0.25) is 0 Å². The van der Waals surface area contributed by atoms with Crippen molar-refractivity contribution in [3.05, 3.63) is 174 Å². The van der Waals surface area contributed by atoms with Crippen LogP contribution in [-0.4, -0.2) is 16.2 Å². The number of hydrogen-bond donors (Lipinski definition) is 1. The maximum atomic E-state index is 6.47. The topological polar surface area (TPSA) is 54.8 Å². The number of amidine groups is 2. The number of rotatable bonds is 4. The first-order valence-electron chi connectivity index (χ1n) is 17.1. The Morgan fingerprint density at radius 1 is 0.588 bits per heavy atom. The van der Waals surface area contributed by atoms with E-state index in [1.807, 2.05) is 47.7 Å². The van der Waals surface area contributed by atoms with Crippen molar-refractivity contribution in [2.24, 2.45) is 9.98 Å². The molecule has 0 bridgehead atoms. The van der Waals surface area contributed by atoms with Crippen LogP contribution in [0.5, 0.6) is 0 Å². The van der Waals surface area contributed by atoms with Crippen molar-refractivity contribution < 1.29 is 4.42 Å². The van der Waals surface area contributed by atoms with Gasteiger partial charge in [0.25, 0.3) is 0 Å². The van der Waals surface area contributed by atoms with Gasteiger partial charge in [0.05, 0.1) is 16.6 Å². The molecule has 1 atom stereocenters. The third-order valence-electron chi connectivity index (χ3n) is 10.1. The van der Waals surface area contributed by atoms with Gasteiger partial charge in [0.1, 0.15) is 23.2 Å². The van der Waals surface area contributed by atoms with Crippen LogP contribution in [0.4, 0.5) is 0 Å². The van der Waals surface area contributed by atoms with Crippen LogP contribution in [0.2, 0.25) is 0 Å². The Labute approximate surface area is 296 Å². The van der Waals surface area contributed by atoms with Crippen molar-refractivity contribution in [1.29, 1.82) is 0 Å². The Morgan fingerprint density at radius 3 is 2.12 bits per heavy atom. The number of hydrogen-bond acceptors (Lipinski definition) is 5. The minimum atomic E-state index is -0.370. The zero-order chi connectivity index (χ0) is 33.5. The third kappa shape index (κ3) is 4.33. The number of benzene rings is 7. The molecular weight excluding hydrogens is 645 g/mol. The van der Waals surface area contributed by atoms with Gasteiger partial charge in [-0.05, 0) is 42.5 Å². The lowest BCUT2D eigenvalue weighted by Crippen LogP contribution is -2.33. The summed E-state index contributed by atoms with van der Waals surface area (Å²) in [5.74, 6) is 1.43. The second kappa shape index (κ2) is 11.0. The Bertz CT molecular complexity index is 3020. The van der Waals surface area contributed by atoms with Crippen LogP contribution >= 0.6 is 11.3 Å². The molecule has 1 aliphatic rings. The number of furan rings is 1. The molecule has 11 rings (SSSR count). The Morgan fingerprint density at radius 2 is 1.29 bits per heavy atom. The van der Waals surface area contributed by atoms with E-state index in [2.05, 4.69) is 131 Å². The van der Waals surface area contributed by atoms with Crippen LogP contribution in [0.15, 0.2) is 172 Å². The highest BCUT2D eigenvalue weighted by atomic mass is 32.1. The molecule has 3 aromatic heterocycles. The molecule has 0 radical (unpaired) electrons. The van der Waals surface area contributed by atoms with Gasteiger partial charge in [-0.15, -0.1) is 11.3 Å². The molecule has 0 saturated carbocycles. The fourth-order valence-corrected chi connectivity index (χ4v) is 8.98. The van der Waals surface area contributed by atoms with E-state index in [1.165, 1.54) is 42.0 Å². The zero-order valence-corrected chi connectivity index (χ0v) is 28.1. The van der Waals surface area contributed by atoms with E-state index in [9.17, 15) is 0 Å². The first-order valence-corrected chi connectivity index (χ1v) is 17.9. The van der Waals surface area contributed by atoms with E-state index in [4.69, 9.17) is 14.4 Å². The molecule has 4 heterocycles. The number of aliphatic imine (C=N–C) groups is 2. The normalized spacial score (nSPS) is 14.9. The zero-order valence-electron chi connectivity index (χ0n) is 27.2. The molecule has 1 unspecified atom stereocenters. The molecular formula is C45H28N4OS. The number of nitrogens with one attached hydrogen (secondary N) is 1. The van der Waals surface area contributed by atoms with E-state index in [0.717, 1.165) is 50.2 Å². The lowest BCUT2D eigenvalue weighted by Gasteiger charge is -2.24. The van der Waals surface area contributed by atoms with Crippen molar-refractivity contribution in [1.82, 2.24) is 9.88 Å². The number of aromatic nitrogens is 1. The summed E-state index contributed by atoms with van der Waals surface area (Å²) >= 11 is 1.83. The van der Waals surface area contributed by atoms with Gasteiger partial charge in [-0.3, -0.25) is 0 Å². The summed E-state index contributed by atoms with van der Waals surface area (Å²) < 4.78 is 11.3. The average Bonchev–Trinajstić information content (AvgIpc) is 3.87. The molecule has 5 nitrogen and oxygen atoms in total. The third-order valence-corrected chi connectivity index (χ3v) is 11.2. The lowest BCUT2D eigenvalue weighted by molar-refractivity contribution is 0.661. The van der Waals surface area contributed by atoms with E-state index < -0.39 is 0 Å². The number of fused-ring (bicyclic) bond motifs is 9. The molecule has 7 aromatic carbocycles. The number of thiophene rings is 1. The monoisotopic (exact) mass is 672 g/mol. The Hall–Kier alpha value is -6.50. The summed E-state index contributed by atoms with van der Waals surface area (Å²) in [7, 11) is 0. The highest BCUT2D eigenvalue weighted by Gasteiger charge is 2.26. The van der Waals surface area contributed by atoms with Gasteiger partial charge in [-0.25, -0.2) is 9.98 Å². The molecule has 0 amide bonds. The second-order valence-corrected chi connectivity index (χ2v) is 14.1. The molecule has 0 spiro atoms. The summed E-state index contributed by atoms with van der Waals surface area (Å²) in [6.45, 7) is 0. The predicted molar refractivity (Wildman–Crippen MR) is 213 cm³/mol. The smallest absolute Gasteiger partial charge is 0.159 e. The Kier molecular flexibility index (Phi) is 6.12. The predicted octanol–water partition coefficient (Wildman–Crippen LogP) is 11.5. The van der Waals surface area contributed by atoms with Crippen LogP contribution in [0.1, 0.15) is 22.9 Å². The molecule has 0 fully saturated rings. The molecule has 1 N–H and O–H groups in total. The van der Waals surface area contributed by atoms with Gasteiger partial charge >= 0.3 is 0 Å². The maximum Gasteiger partial charge on any atom is 0.159 e. The van der Waals surface area contributed by atoms with Gasteiger partial charge in [0, 0.05) is 58.5 Å². The molecule has 240 valence electrons. The van der Waals surface area contributed by atoms with Crippen molar-refractivity contribution in [2.45, 2.75) is 6.17 Å². The summed E-state index contributed by atoms with van der Waals surface area (Å²) in [5.41, 5.74) is 8.24. The van der Waals surface area contributed by atoms with Crippen molar-refractivity contribution in [2.75, 3.05) is 0 Å². The largest absolute Gasteiger partial charge is 0.455 e. The molecule has 1 aliphatic heterocycles. The van der Waals surface area contributed by atoms with Crippen LogP contribution in [-0.2, 0) is 0 Å². The second-order valence-electron chi connectivity index (χ2n) is 13.0.